The molecule has 2 rings (SSSR count). The van der Waals surface area contributed by atoms with Crippen molar-refractivity contribution in [2.24, 2.45) is 0 Å². The Balaban J connectivity index is 1.86. The molecule has 4 heteroatoms. The lowest BCUT2D eigenvalue weighted by atomic mass is 10.3. The van der Waals surface area contributed by atoms with Crippen molar-refractivity contribution >= 4 is 11.3 Å². The van der Waals surface area contributed by atoms with E-state index in [-0.39, 0.29) is 0 Å². The quantitative estimate of drug-likeness (QED) is 0.879. The van der Waals surface area contributed by atoms with Gasteiger partial charge >= 0.3 is 0 Å². The second-order valence-electron chi connectivity index (χ2n) is 4.83. The fourth-order valence-electron chi connectivity index (χ4n) is 2.26. The van der Waals surface area contributed by atoms with Gasteiger partial charge in [-0.15, -0.1) is 11.3 Å². The minimum atomic E-state index is 0.993. The zero-order valence-corrected chi connectivity index (χ0v) is 11.7. The maximum absolute atomic E-state index is 3.21. The first-order chi connectivity index (χ1) is 8.28. The summed E-state index contributed by atoms with van der Waals surface area (Å²) in [6, 6.07) is 4.53. The number of hydrogen-bond donors (Lipinski definition) is 1. The molecule has 0 spiro atoms. The molecule has 0 saturated carbocycles. The molecule has 1 aromatic heterocycles. The first-order valence-corrected chi connectivity index (χ1v) is 7.22. The third kappa shape index (κ3) is 4.07. The number of thiophene rings is 1. The van der Waals surface area contributed by atoms with Gasteiger partial charge in [0.15, 0.2) is 0 Å². The molecule has 1 aliphatic heterocycles. The molecule has 1 aromatic rings. The number of hydrogen-bond acceptors (Lipinski definition) is 4. The Hall–Kier alpha value is -0.420. The Morgan fingerprint density at radius 1 is 1.18 bits per heavy atom. The van der Waals surface area contributed by atoms with Crippen LogP contribution in [0.3, 0.4) is 0 Å². The summed E-state index contributed by atoms with van der Waals surface area (Å²) in [6.45, 7) is 7.01. The van der Waals surface area contributed by atoms with E-state index in [1.165, 1.54) is 42.4 Å². The number of likely N-dealkylation sites (N-methyl/N-ethyl adjacent to an activating group) is 1. The second-order valence-corrected chi connectivity index (χ2v) is 6.08. The first-order valence-electron chi connectivity index (χ1n) is 6.41. The molecular formula is C13H23N3S. The number of nitrogens with one attached hydrogen (secondary N) is 1. The fraction of sp³-hybridized carbons (Fsp3) is 0.692. The molecule has 0 unspecified atom stereocenters. The van der Waals surface area contributed by atoms with Crippen LogP contribution in [0.25, 0.3) is 0 Å². The van der Waals surface area contributed by atoms with Gasteiger partial charge in [-0.25, -0.2) is 0 Å². The van der Waals surface area contributed by atoms with Crippen LogP contribution in [0.4, 0.5) is 0 Å². The van der Waals surface area contributed by atoms with Crippen LogP contribution >= 0.6 is 11.3 Å². The molecule has 0 aromatic carbocycles. The summed E-state index contributed by atoms with van der Waals surface area (Å²) in [5.74, 6) is 0. The summed E-state index contributed by atoms with van der Waals surface area (Å²) in [6.07, 6.45) is 1.30. The molecule has 1 aliphatic rings. The molecule has 3 nitrogen and oxygen atoms in total. The van der Waals surface area contributed by atoms with Gasteiger partial charge in [0, 0.05) is 35.9 Å². The summed E-state index contributed by atoms with van der Waals surface area (Å²) in [5.41, 5.74) is 0. The van der Waals surface area contributed by atoms with Gasteiger partial charge in [0.1, 0.15) is 0 Å². The first kappa shape index (κ1) is 13.0. The third-order valence-corrected chi connectivity index (χ3v) is 4.33. The summed E-state index contributed by atoms with van der Waals surface area (Å²) in [7, 11) is 4.23. The predicted molar refractivity (Wildman–Crippen MR) is 74.5 cm³/mol. The molecule has 1 saturated heterocycles. The summed E-state index contributed by atoms with van der Waals surface area (Å²) in [4.78, 5) is 7.95. The monoisotopic (exact) mass is 253 g/mol. The summed E-state index contributed by atoms with van der Waals surface area (Å²) < 4.78 is 0. The van der Waals surface area contributed by atoms with Gasteiger partial charge in [-0.1, -0.05) is 0 Å². The van der Waals surface area contributed by atoms with Gasteiger partial charge in [-0.05, 0) is 45.7 Å². The van der Waals surface area contributed by atoms with Gasteiger partial charge in [-0.3, -0.25) is 4.90 Å². The van der Waals surface area contributed by atoms with Crippen LogP contribution in [0.2, 0.25) is 0 Å². The Morgan fingerprint density at radius 2 is 2.00 bits per heavy atom. The van der Waals surface area contributed by atoms with Gasteiger partial charge < -0.3 is 10.2 Å². The zero-order chi connectivity index (χ0) is 12.1. The molecule has 96 valence electrons. The molecule has 0 bridgehead atoms. The molecule has 0 aliphatic carbocycles. The van der Waals surface area contributed by atoms with Crippen molar-refractivity contribution in [3.63, 3.8) is 0 Å². The largest absolute Gasteiger partial charge is 0.315 e. The minimum Gasteiger partial charge on any atom is -0.315 e. The van der Waals surface area contributed by atoms with E-state index in [1.807, 2.05) is 18.4 Å². The molecule has 1 N–H and O–H groups in total. The summed E-state index contributed by atoms with van der Waals surface area (Å²) in [5, 5.41) is 3.21. The van der Waals surface area contributed by atoms with Crippen molar-refractivity contribution in [3.8, 4) is 0 Å². The second kappa shape index (κ2) is 6.50. The lowest BCUT2D eigenvalue weighted by Gasteiger charge is -2.18. The SMILES string of the molecule is CNCc1ccc(CN2CCCN(C)CC2)s1. The van der Waals surface area contributed by atoms with E-state index in [0.717, 1.165) is 13.1 Å². The van der Waals surface area contributed by atoms with E-state index in [9.17, 15) is 0 Å². The van der Waals surface area contributed by atoms with Gasteiger partial charge in [0.05, 0.1) is 0 Å². The molecule has 0 amide bonds. The average molecular weight is 253 g/mol. The Kier molecular flexibility index (Phi) is 4.98. The Bertz CT molecular complexity index is 337. The van der Waals surface area contributed by atoms with Crippen molar-refractivity contribution in [2.75, 3.05) is 40.3 Å². The van der Waals surface area contributed by atoms with Crippen LogP contribution < -0.4 is 5.32 Å². The number of rotatable bonds is 4. The van der Waals surface area contributed by atoms with Crippen molar-refractivity contribution in [2.45, 2.75) is 19.5 Å². The highest BCUT2D eigenvalue weighted by atomic mass is 32.1. The Morgan fingerprint density at radius 3 is 2.82 bits per heavy atom. The van der Waals surface area contributed by atoms with E-state index in [4.69, 9.17) is 0 Å². The van der Waals surface area contributed by atoms with Crippen molar-refractivity contribution in [1.82, 2.24) is 15.1 Å². The topological polar surface area (TPSA) is 18.5 Å². The van der Waals surface area contributed by atoms with Crippen LogP contribution in [-0.2, 0) is 13.1 Å². The van der Waals surface area contributed by atoms with E-state index in [1.54, 1.807) is 0 Å². The third-order valence-electron chi connectivity index (χ3n) is 3.26. The maximum Gasteiger partial charge on any atom is 0.0328 e. The molecule has 2 heterocycles. The van der Waals surface area contributed by atoms with Crippen molar-refractivity contribution < 1.29 is 0 Å². The lowest BCUT2D eigenvalue weighted by molar-refractivity contribution is 0.271. The molecule has 1 fully saturated rings. The highest BCUT2D eigenvalue weighted by Gasteiger charge is 2.12. The highest BCUT2D eigenvalue weighted by Crippen LogP contribution is 2.18. The average Bonchev–Trinajstić information content (AvgIpc) is 2.63. The lowest BCUT2D eigenvalue weighted by Crippen LogP contribution is -2.28. The Labute approximate surface area is 108 Å². The number of nitrogens with zero attached hydrogens (tertiary/aromatic N) is 2. The van der Waals surface area contributed by atoms with Crippen LogP contribution in [0, 0.1) is 0 Å². The molecule has 0 radical (unpaired) electrons. The summed E-state index contributed by atoms with van der Waals surface area (Å²) >= 11 is 1.94. The maximum atomic E-state index is 3.21. The zero-order valence-electron chi connectivity index (χ0n) is 10.9. The van der Waals surface area contributed by atoms with E-state index in [0.29, 0.717) is 0 Å². The van der Waals surface area contributed by atoms with Crippen LogP contribution in [0.5, 0.6) is 0 Å². The van der Waals surface area contributed by atoms with E-state index >= 15 is 0 Å². The molecular weight excluding hydrogens is 230 g/mol. The van der Waals surface area contributed by atoms with Gasteiger partial charge in [0.2, 0.25) is 0 Å². The van der Waals surface area contributed by atoms with Gasteiger partial charge in [-0.2, -0.15) is 0 Å². The normalized spacial score (nSPS) is 19.4. The molecule has 0 atom stereocenters. The highest BCUT2D eigenvalue weighted by molar-refractivity contribution is 7.11. The fourth-order valence-corrected chi connectivity index (χ4v) is 3.33. The van der Waals surface area contributed by atoms with Crippen LogP contribution in [-0.4, -0.2) is 50.1 Å². The van der Waals surface area contributed by atoms with Crippen molar-refractivity contribution in [1.29, 1.82) is 0 Å². The van der Waals surface area contributed by atoms with E-state index < -0.39 is 0 Å². The smallest absolute Gasteiger partial charge is 0.0328 e. The van der Waals surface area contributed by atoms with Gasteiger partial charge in [0.25, 0.3) is 0 Å². The standard InChI is InChI=1S/C13H23N3S/c1-14-10-12-4-5-13(17-12)11-16-7-3-6-15(2)8-9-16/h4-5,14H,3,6-11H2,1-2H3. The van der Waals surface area contributed by atoms with Crippen LogP contribution in [0.15, 0.2) is 12.1 Å². The predicted octanol–water partition coefficient (Wildman–Crippen LogP) is 1.60. The van der Waals surface area contributed by atoms with Crippen LogP contribution in [0.1, 0.15) is 16.2 Å². The minimum absolute atomic E-state index is 0.993. The molecule has 17 heavy (non-hydrogen) atoms. The van der Waals surface area contributed by atoms with Crippen molar-refractivity contribution in [3.05, 3.63) is 21.9 Å². The van der Waals surface area contributed by atoms with E-state index in [2.05, 4.69) is 34.3 Å².